The molecule has 5 nitrogen and oxygen atoms in total. The first kappa shape index (κ1) is 19.8. The molecule has 1 aromatic heterocycles. The van der Waals surface area contributed by atoms with Gasteiger partial charge < -0.3 is 15.1 Å². The number of hydrogen-bond donors (Lipinski definition) is 2. The summed E-state index contributed by atoms with van der Waals surface area (Å²) in [5.41, 5.74) is 3.73. The number of aryl methyl sites for hydroxylation is 2. The Labute approximate surface area is 168 Å². The summed E-state index contributed by atoms with van der Waals surface area (Å²) in [6.07, 6.45) is 2.32. The molecule has 0 unspecified atom stereocenters. The summed E-state index contributed by atoms with van der Waals surface area (Å²) in [4.78, 5) is 25.4. The molecule has 0 aliphatic heterocycles. The van der Waals surface area contributed by atoms with Crippen LogP contribution in [0.2, 0.25) is 0 Å². The summed E-state index contributed by atoms with van der Waals surface area (Å²) in [5.74, 6) is 0.172. The molecule has 0 saturated heterocycles. The minimum Gasteiger partial charge on any atom is -0.459 e. The zero-order valence-electron chi connectivity index (χ0n) is 15.8. The number of carbonyl (C=O) groups excluding carboxylic acids is 2. The number of furan rings is 1. The Bertz CT molecular complexity index is 968. The topological polar surface area (TPSA) is 71.3 Å². The normalized spacial score (nSPS) is 10.5. The third-order valence-electron chi connectivity index (χ3n) is 4.21. The molecular formula is C22H22N2O3S. The van der Waals surface area contributed by atoms with Gasteiger partial charge in [-0.15, -0.1) is 11.8 Å². The third kappa shape index (κ3) is 5.04. The molecule has 144 valence electrons. The van der Waals surface area contributed by atoms with E-state index in [1.165, 1.54) is 18.0 Å². The Morgan fingerprint density at radius 1 is 1.04 bits per heavy atom. The SMILES string of the molecule is CCc1cccc(C)c1NC(=O)CSc1cccc(NC(=O)c2ccco2)c1. The first-order valence-electron chi connectivity index (χ1n) is 9.03. The summed E-state index contributed by atoms with van der Waals surface area (Å²) >= 11 is 1.42. The molecule has 0 bridgehead atoms. The lowest BCUT2D eigenvalue weighted by atomic mass is 10.1. The van der Waals surface area contributed by atoms with Crippen LogP contribution < -0.4 is 10.6 Å². The zero-order valence-corrected chi connectivity index (χ0v) is 16.6. The van der Waals surface area contributed by atoms with Gasteiger partial charge in [0.1, 0.15) is 0 Å². The van der Waals surface area contributed by atoms with Gasteiger partial charge in [-0.3, -0.25) is 9.59 Å². The summed E-state index contributed by atoms with van der Waals surface area (Å²) < 4.78 is 5.09. The van der Waals surface area contributed by atoms with Crippen LogP contribution in [-0.2, 0) is 11.2 Å². The Kier molecular flexibility index (Phi) is 6.55. The van der Waals surface area contributed by atoms with Crippen LogP contribution in [0, 0.1) is 6.92 Å². The van der Waals surface area contributed by atoms with Gasteiger partial charge in [0.2, 0.25) is 5.91 Å². The number of carbonyl (C=O) groups is 2. The van der Waals surface area contributed by atoms with Crippen molar-refractivity contribution in [3.63, 3.8) is 0 Å². The molecule has 0 fully saturated rings. The van der Waals surface area contributed by atoms with Crippen molar-refractivity contribution in [2.75, 3.05) is 16.4 Å². The van der Waals surface area contributed by atoms with Crippen molar-refractivity contribution in [2.45, 2.75) is 25.2 Å². The van der Waals surface area contributed by atoms with Crippen LogP contribution in [0.5, 0.6) is 0 Å². The van der Waals surface area contributed by atoms with E-state index in [4.69, 9.17) is 4.42 Å². The molecule has 3 rings (SSSR count). The summed E-state index contributed by atoms with van der Waals surface area (Å²) in [6, 6.07) is 16.7. The van der Waals surface area contributed by atoms with Crippen LogP contribution in [0.3, 0.4) is 0 Å². The smallest absolute Gasteiger partial charge is 0.291 e. The first-order chi connectivity index (χ1) is 13.6. The lowest BCUT2D eigenvalue weighted by Gasteiger charge is -2.13. The highest BCUT2D eigenvalue weighted by Crippen LogP contribution is 2.24. The van der Waals surface area contributed by atoms with Crippen LogP contribution in [-0.4, -0.2) is 17.6 Å². The second-order valence-electron chi connectivity index (χ2n) is 6.26. The fourth-order valence-electron chi connectivity index (χ4n) is 2.79. The molecule has 1 heterocycles. The van der Waals surface area contributed by atoms with Gasteiger partial charge >= 0.3 is 0 Å². The molecule has 28 heavy (non-hydrogen) atoms. The second-order valence-corrected chi connectivity index (χ2v) is 7.31. The van der Waals surface area contributed by atoms with E-state index in [2.05, 4.69) is 17.6 Å². The van der Waals surface area contributed by atoms with E-state index in [1.54, 1.807) is 18.2 Å². The van der Waals surface area contributed by atoms with Crippen molar-refractivity contribution >= 4 is 35.0 Å². The number of hydrogen-bond acceptors (Lipinski definition) is 4. The first-order valence-corrected chi connectivity index (χ1v) is 10.0. The number of nitrogens with one attached hydrogen (secondary N) is 2. The van der Waals surface area contributed by atoms with E-state index in [0.29, 0.717) is 5.69 Å². The monoisotopic (exact) mass is 394 g/mol. The standard InChI is InChI=1S/C22H22N2O3S/c1-3-16-8-4-7-15(2)21(16)24-20(25)14-28-18-10-5-9-17(13-18)23-22(26)19-11-6-12-27-19/h4-13H,3,14H2,1-2H3,(H,23,26)(H,24,25). The third-order valence-corrected chi connectivity index (χ3v) is 5.21. The van der Waals surface area contributed by atoms with Gasteiger partial charge in [-0.1, -0.05) is 31.2 Å². The van der Waals surface area contributed by atoms with Crippen molar-refractivity contribution in [1.82, 2.24) is 0 Å². The second kappa shape index (κ2) is 9.28. The Hall–Kier alpha value is -2.99. The lowest BCUT2D eigenvalue weighted by Crippen LogP contribution is -2.16. The van der Waals surface area contributed by atoms with Gasteiger partial charge in [0.05, 0.1) is 12.0 Å². The summed E-state index contributed by atoms with van der Waals surface area (Å²) in [7, 11) is 0. The minimum atomic E-state index is -0.309. The number of thioether (sulfide) groups is 1. The summed E-state index contributed by atoms with van der Waals surface area (Å²) in [5, 5.41) is 5.81. The highest BCUT2D eigenvalue weighted by molar-refractivity contribution is 8.00. The van der Waals surface area contributed by atoms with Crippen molar-refractivity contribution in [2.24, 2.45) is 0 Å². The number of benzene rings is 2. The van der Waals surface area contributed by atoms with Gasteiger partial charge in [-0.2, -0.15) is 0 Å². The fourth-order valence-corrected chi connectivity index (χ4v) is 3.55. The van der Waals surface area contributed by atoms with Crippen LogP contribution >= 0.6 is 11.8 Å². The molecule has 2 amide bonds. The van der Waals surface area contributed by atoms with Crippen molar-refractivity contribution in [3.8, 4) is 0 Å². The number of para-hydroxylation sites is 1. The molecule has 0 spiro atoms. The number of anilines is 2. The maximum Gasteiger partial charge on any atom is 0.291 e. The van der Waals surface area contributed by atoms with E-state index in [1.807, 2.05) is 43.3 Å². The maximum absolute atomic E-state index is 12.4. The largest absolute Gasteiger partial charge is 0.459 e. The van der Waals surface area contributed by atoms with E-state index < -0.39 is 0 Å². The predicted molar refractivity (Wildman–Crippen MR) is 113 cm³/mol. The lowest BCUT2D eigenvalue weighted by molar-refractivity contribution is -0.113. The molecule has 6 heteroatoms. The number of amides is 2. The van der Waals surface area contributed by atoms with E-state index in [-0.39, 0.29) is 23.3 Å². The van der Waals surface area contributed by atoms with Gasteiger partial charge in [0.15, 0.2) is 5.76 Å². The predicted octanol–water partition coefficient (Wildman–Crippen LogP) is 5.13. The molecular weight excluding hydrogens is 372 g/mol. The molecule has 3 aromatic rings. The Balaban J connectivity index is 1.59. The fraction of sp³-hybridized carbons (Fsp3) is 0.182. The van der Waals surface area contributed by atoms with Crippen molar-refractivity contribution in [1.29, 1.82) is 0 Å². The molecule has 0 aliphatic carbocycles. The van der Waals surface area contributed by atoms with E-state index in [0.717, 1.165) is 28.1 Å². The van der Waals surface area contributed by atoms with E-state index >= 15 is 0 Å². The molecule has 2 N–H and O–H groups in total. The molecule has 2 aromatic carbocycles. The number of rotatable bonds is 7. The van der Waals surface area contributed by atoms with Gasteiger partial charge in [-0.25, -0.2) is 0 Å². The molecule has 0 atom stereocenters. The quantitative estimate of drug-likeness (QED) is 0.545. The van der Waals surface area contributed by atoms with Crippen LogP contribution in [0.25, 0.3) is 0 Å². The van der Waals surface area contributed by atoms with Crippen LogP contribution in [0.4, 0.5) is 11.4 Å². The van der Waals surface area contributed by atoms with Crippen LogP contribution in [0.1, 0.15) is 28.6 Å². The highest BCUT2D eigenvalue weighted by Gasteiger charge is 2.11. The van der Waals surface area contributed by atoms with Gasteiger partial charge in [0, 0.05) is 16.3 Å². The Morgan fingerprint density at radius 2 is 1.86 bits per heavy atom. The van der Waals surface area contributed by atoms with E-state index in [9.17, 15) is 9.59 Å². The highest BCUT2D eigenvalue weighted by atomic mass is 32.2. The summed E-state index contributed by atoms with van der Waals surface area (Å²) in [6.45, 7) is 4.06. The molecule has 0 radical (unpaired) electrons. The van der Waals surface area contributed by atoms with Gasteiger partial charge in [-0.05, 0) is 54.8 Å². The maximum atomic E-state index is 12.4. The average molecular weight is 394 g/mol. The Morgan fingerprint density at radius 3 is 2.61 bits per heavy atom. The van der Waals surface area contributed by atoms with Crippen LogP contribution in [0.15, 0.2) is 70.2 Å². The van der Waals surface area contributed by atoms with Crippen molar-refractivity contribution in [3.05, 3.63) is 77.7 Å². The minimum absolute atomic E-state index is 0.0565. The average Bonchev–Trinajstić information content (AvgIpc) is 3.23. The molecule has 0 saturated carbocycles. The van der Waals surface area contributed by atoms with Crippen molar-refractivity contribution < 1.29 is 14.0 Å². The molecule has 0 aliphatic rings. The van der Waals surface area contributed by atoms with Gasteiger partial charge in [0.25, 0.3) is 5.91 Å². The zero-order chi connectivity index (χ0) is 19.9.